The summed E-state index contributed by atoms with van der Waals surface area (Å²) in [6.45, 7) is 9.49. The van der Waals surface area contributed by atoms with Gasteiger partial charge in [-0.15, -0.1) is 0 Å². The lowest BCUT2D eigenvalue weighted by Gasteiger charge is -2.23. The standard InChI is InChI=1S/C19H17F3N2O3/c1-12-4-7-14(8-5-12)27-11-18(2,26)17(25)24-13-6-9-16(23-3)15(10-13)19(20,21)22/h4-10,26H,11H2,1-2H3,(H,24,25)/t18-/m0/s1. The van der Waals surface area contributed by atoms with Gasteiger partial charge in [0.25, 0.3) is 5.91 Å². The summed E-state index contributed by atoms with van der Waals surface area (Å²) in [6.07, 6.45) is -4.74. The highest BCUT2D eigenvalue weighted by Gasteiger charge is 2.35. The quantitative estimate of drug-likeness (QED) is 0.761. The van der Waals surface area contributed by atoms with Crippen LogP contribution in [0.2, 0.25) is 0 Å². The molecule has 5 nitrogen and oxygen atoms in total. The normalized spacial score (nSPS) is 13.4. The van der Waals surface area contributed by atoms with Crippen LogP contribution in [0, 0.1) is 13.5 Å². The third-order valence-corrected chi connectivity index (χ3v) is 3.71. The third-order valence-electron chi connectivity index (χ3n) is 3.71. The molecule has 1 amide bonds. The summed E-state index contributed by atoms with van der Waals surface area (Å²) in [6, 6.07) is 9.70. The zero-order valence-corrected chi connectivity index (χ0v) is 14.6. The Kier molecular flexibility index (Phi) is 5.76. The van der Waals surface area contributed by atoms with Gasteiger partial charge in [0.05, 0.1) is 12.1 Å². The number of carbonyl (C=O) groups is 1. The van der Waals surface area contributed by atoms with Gasteiger partial charge in [0.1, 0.15) is 12.4 Å². The number of hydrogen-bond acceptors (Lipinski definition) is 3. The van der Waals surface area contributed by atoms with Crippen molar-refractivity contribution < 1.29 is 27.8 Å². The van der Waals surface area contributed by atoms with Gasteiger partial charge in [-0.1, -0.05) is 23.8 Å². The fourth-order valence-electron chi connectivity index (χ4n) is 2.13. The van der Waals surface area contributed by atoms with Crippen LogP contribution in [0.3, 0.4) is 0 Å². The number of nitrogens with one attached hydrogen (secondary N) is 1. The third kappa shape index (κ3) is 5.21. The number of nitrogens with zero attached hydrogens (tertiary/aromatic N) is 1. The molecule has 0 radical (unpaired) electrons. The van der Waals surface area contributed by atoms with Crippen molar-refractivity contribution in [1.82, 2.24) is 0 Å². The molecule has 0 aromatic heterocycles. The Labute approximate surface area is 154 Å². The van der Waals surface area contributed by atoms with E-state index in [0.29, 0.717) is 11.8 Å². The molecule has 0 aliphatic heterocycles. The Balaban J connectivity index is 2.11. The molecule has 2 rings (SSSR count). The lowest BCUT2D eigenvalue weighted by atomic mass is 10.1. The number of carbonyl (C=O) groups excluding carboxylic acids is 1. The molecular formula is C19H17F3N2O3. The molecule has 8 heteroatoms. The molecule has 0 fully saturated rings. The van der Waals surface area contributed by atoms with Crippen LogP contribution in [0.15, 0.2) is 42.5 Å². The minimum atomic E-state index is -4.74. The lowest BCUT2D eigenvalue weighted by molar-refractivity contribution is -0.137. The first-order chi connectivity index (χ1) is 12.5. The molecule has 0 spiro atoms. The average Bonchev–Trinajstić information content (AvgIpc) is 2.60. The minimum absolute atomic E-state index is 0.185. The second kappa shape index (κ2) is 7.68. The zero-order valence-electron chi connectivity index (χ0n) is 14.6. The Morgan fingerprint density at radius 2 is 1.85 bits per heavy atom. The topological polar surface area (TPSA) is 62.9 Å². The van der Waals surface area contributed by atoms with Crippen LogP contribution in [0.5, 0.6) is 5.75 Å². The van der Waals surface area contributed by atoms with Gasteiger partial charge in [0.2, 0.25) is 0 Å². The van der Waals surface area contributed by atoms with Gasteiger partial charge in [-0.2, -0.15) is 13.2 Å². The number of anilines is 1. The van der Waals surface area contributed by atoms with Crippen molar-refractivity contribution in [1.29, 1.82) is 0 Å². The molecular weight excluding hydrogens is 361 g/mol. The molecule has 2 aromatic rings. The highest BCUT2D eigenvalue weighted by molar-refractivity contribution is 5.97. The van der Waals surface area contributed by atoms with Crippen molar-refractivity contribution in [3.05, 3.63) is 65.0 Å². The number of aryl methyl sites for hydroxylation is 1. The van der Waals surface area contributed by atoms with E-state index in [4.69, 9.17) is 11.3 Å². The molecule has 142 valence electrons. The van der Waals surface area contributed by atoms with Crippen LogP contribution in [0.1, 0.15) is 18.1 Å². The highest BCUT2D eigenvalue weighted by Crippen LogP contribution is 2.38. The summed E-state index contributed by atoms with van der Waals surface area (Å²) in [5, 5.41) is 12.5. The second-order valence-corrected chi connectivity index (χ2v) is 6.17. The number of benzene rings is 2. The van der Waals surface area contributed by atoms with Gasteiger partial charge in [-0.3, -0.25) is 4.79 Å². The van der Waals surface area contributed by atoms with E-state index in [1.807, 2.05) is 6.92 Å². The van der Waals surface area contributed by atoms with Gasteiger partial charge in [0.15, 0.2) is 11.3 Å². The van der Waals surface area contributed by atoms with Crippen molar-refractivity contribution in [3.8, 4) is 5.75 Å². The molecule has 0 aliphatic carbocycles. The van der Waals surface area contributed by atoms with Gasteiger partial charge < -0.3 is 15.2 Å². The summed E-state index contributed by atoms with van der Waals surface area (Å²) in [7, 11) is 0. The van der Waals surface area contributed by atoms with Gasteiger partial charge >= 0.3 is 6.18 Å². The molecule has 0 unspecified atom stereocenters. The Morgan fingerprint density at radius 3 is 2.41 bits per heavy atom. The first-order valence-corrected chi connectivity index (χ1v) is 7.85. The summed E-state index contributed by atoms with van der Waals surface area (Å²) >= 11 is 0. The smallest absolute Gasteiger partial charge is 0.407 e. The van der Waals surface area contributed by atoms with E-state index in [1.54, 1.807) is 24.3 Å². The van der Waals surface area contributed by atoms with Crippen LogP contribution >= 0.6 is 0 Å². The highest BCUT2D eigenvalue weighted by atomic mass is 19.4. The number of rotatable bonds is 5. The van der Waals surface area contributed by atoms with Crippen LogP contribution < -0.4 is 10.1 Å². The van der Waals surface area contributed by atoms with Crippen molar-refractivity contribution in [2.45, 2.75) is 25.6 Å². The van der Waals surface area contributed by atoms with Crippen molar-refractivity contribution in [2.24, 2.45) is 0 Å². The van der Waals surface area contributed by atoms with E-state index in [-0.39, 0.29) is 5.69 Å². The maximum atomic E-state index is 13.0. The van der Waals surface area contributed by atoms with Crippen LogP contribution in [-0.4, -0.2) is 23.2 Å². The summed E-state index contributed by atoms with van der Waals surface area (Å²) in [4.78, 5) is 15.1. The SMILES string of the molecule is [C-]#[N+]c1ccc(NC(=O)[C@@](C)(O)COc2ccc(C)cc2)cc1C(F)(F)F. The number of aliphatic hydroxyl groups is 1. The number of alkyl halides is 3. The van der Waals surface area contributed by atoms with Gasteiger partial charge in [-0.25, -0.2) is 4.85 Å². The van der Waals surface area contributed by atoms with E-state index >= 15 is 0 Å². The van der Waals surface area contributed by atoms with Crippen molar-refractivity contribution in [2.75, 3.05) is 11.9 Å². The second-order valence-electron chi connectivity index (χ2n) is 6.17. The fourth-order valence-corrected chi connectivity index (χ4v) is 2.13. The van der Waals surface area contributed by atoms with Crippen molar-refractivity contribution >= 4 is 17.3 Å². The molecule has 2 aromatic carbocycles. The predicted octanol–water partition coefficient (Wildman–Crippen LogP) is 4.33. The van der Waals surface area contributed by atoms with E-state index in [2.05, 4.69) is 10.2 Å². The van der Waals surface area contributed by atoms with E-state index in [0.717, 1.165) is 17.7 Å². The van der Waals surface area contributed by atoms with Crippen LogP contribution in [-0.2, 0) is 11.0 Å². The predicted molar refractivity (Wildman–Crippen MR) is 93.6 cm³/mol. The monoisotopic (exact) mass is 378 g/mol. The molecule has 0 heterocycles. The molecule has 1 atom stereocenters. The van der Waals surface area contributed by atoms with E-state index < -0.39 is 35.5 Å². The Morgan fingerprint density at radius 1 is 1.22 bits per heavy atom. The average molecular weight is 378 g/mol. The van der Waals surface area contributed by atoms with Crippen LogP contribution in [0.25, 0.3) is 4.85 Å². The molecule has 0 saturated heterocycles. The Hall–Kier alpha value is -3.05. The summed E-state index contributed by atoms with van der Waals surface area (Å²) < 4.78 is 44.4. The minimum Gasteiger partial charge on any atom is -0.490 e. The maximum absolute atomic E-state index is 13.0. The molecule has 0 bridgehead atoms. The number of hydrogen-bond donors (Lipinski definition) is 2. The number of ether oxygens (including phenoxy) is 1. The summed E-state index contributed by atoms with van der Waals surface area (Å²) in [5.41, 5.74) is -2.90. The number of amides is 1. The van der Waals surface area contributed by atoms with E-state index in [9.17, 15) is 23.1 Å². The number of halogens is 3. The van der Waals surface area contributed by atoms with Gasteiger partial charge in [-0.05, 0) is 38.1 Å². The molecule has 27 heavy (non-hydrogen) atoms. The van der Waals surface area contributed by atoms with Crippen molar-refractivity contribution in [3.63, 3.8) is 0 Å². The fraction of sp³-hybridized carbons (Fsp3) is 0.263. The zero-order chi connectivity index (χ0) is 20.2. The maximum Gasteiger partial charge on any atom is 0.407 e. The molecule has 0 saturated carbocycles. The largest absolute Gasteiger partial charge is 0.490 e. The molecule has 2 N–H and O–H groups in total. The Bertz CT molecular complexity index is 869. The van der Waals surface area contributed by atoms with E-state index in [1.165, 1.54) is 6.92 Å². The molecule has 0 aliphatic rings. The summed E-state index contributed by atoms with van der Waals surface area (Å²) in [5.74, 6) is -0.493. The first kappa shape index (κ1) is 20.3. The first-order valence-electron chi connectivity index (χ1n) is 7.85. The van der Waals surface area contributed by atoms with Crippen LogP contribution in [0.4, 0.5) is 24.5 Å². The lowest BCUT2D eigenvalue weighted by Crippen LogP contribution is -2.45. The van der Waals surface area contributed by atoms with Gasteiger partial charge in [0, 0.05) is 5.69 Å².